The van der Waals surface area contributed by atoms with Gasteiger partial charge in [0.2, 0.25) is 0 Å². The molecule has 0 aliphatic carbocycles. The van der Waals surface area contributed by atoms with Gasteiger partial charge >= 0.3 is 0 Å². The van der Waals surface area contributed by atoms with E-state index in [1.54, 1.807) is 0 Å². The number of aromatic nitrogens is 4. The molecule has 0 atom stereocenters. The van der Waals surface area contributed by atoms with Gasteiger partial charge in [-0.2, -0.15) is 0 Å². The average Bonchev–Trinajstić information content (AvgIpc) is 4.24. The van der Waals surface area contributed by atoms with E-state index in [9.17, 15) is 0 Å². The van der Waals surface area contributed by atoms with Crippen LogP contribution < -0.4 is 0 Å². The number of hydrogen-bond donors (Lipinski definition) is 4. The lowest BCUT2D eigenvalue weighted by Crippen LogP contribution is -2.32. The Morgan fingerprint density at radius 2 is 0.439 bits per heavy atom. The third-order valence-electron chi connectivity index (χ3n) is 12.4. The molecule has 6 aromatic carbocycles. The summed E-state index contributed by atoms with van der Waals surface area (Å²) in [6.45, 7) is 0. The van der Waals surface area contributed by atoms with Gasteiger partial charge in [0.05, 0.1) is 70.4 Å². The number of aliphatic imine (C=N–C) groups is 4. The molecule has 0 amide bonds. The molecule has 8 nitrogen and oxygen atoms in total. The number of nitrogens with zero attached hydrogens (tertiary/aromatic N) is 4. The van der Waals surface area contributed by atoms with Crippen LogP contribution in [0.2, 0.25) is 0 Å². The molecule has 5 heterocycles. The van der Waals surface area contributed by atoms with Gasteiger partial charge < -0.3 is 19.9 Å². The fourth-order valence-corrected chi connectivity index (χ4v) is 9.37. The monoisotopic (exact) mass is 852 g/mol. The maximum Gasteiger partial charge on any atom is 0.100 e. The van der Waals surface area contributed by atoms with E-state index in [0.29, 0.717) is 0 Å². The van der Waals surface area contributed by atoms with Crippen LogP contribution in [-0.2, 0) is 10.8 Å². The van der Waals surface area contributed by atoms with Crippen molar-refractivity contribution in [1.29, 1.82) is 0 Å². The molecule has 316 valence electrons. The molecular weight excluding hydrogens is 809 g/mol. The molecule has 0 radical (unpaired) electrons. The molecule has 0 saturated heterocycles. The van der Waals surface area contributed by atoms with Crippen LogP contribution in [0, 0.1) is 0 Å². The first-order chi connectivity index (χ1) is 32.7. The van der Waals surface area contributed by atoms with Crippen LogP contribution in [0.15, 0.2) is 238 Å². The first-order valence-electron chi connectivity index (χ1n) is 22.0. The largest absolute Gasteiger partial charge is 0.356 e. The Balaban J connectivity index is 1.09. The lowest BCUT2D eigenvalue weighted by atomic mass is 9.69. The third-order valence-corrected chi connectivity index (χ3v) is 12.4. The lowest BCUT2D eigenvalue weighted by Gasteiger charge is -2.34. The van der Waals surface area contributed by atoms with Gasteiger partial charge in [-0.15, -0.1) is 0 Å². The van der Waals surface area contributed by atoms with E-state index >= 15 is 0 Å². The Morgan fingerprint density at radius 1 is 0.227 bits per heavy atom. The smallest absolute Gasteiger partial charge is 0.100 e. The van der Waals surface area contributed by atoms with Crippen molar-refractivity contribution < 1.29 is 0 Å². The highest BCUT2D eigenvalue weighted by Gasteiger charge is 2.42. The maximum atomic E-state index is 5.02. The van der Waals surface area contributed by atoms with Crippen LogP contribution >= 0.6 is 0 Å². The van der Waals surface area contributed by atoms with Crippen molar-refractivity contribution in [3.05, 3.63) is 286 Å². The second-order valence-electron chi connectivity index (χ2n) is 16.3. The summed E-state index contributed by atoms with van der Waals surface area (Å²) in [7, 11) is 0. The van der Waals surface area contributed by atoms with Crippen molar-refractivity contribution >= 4 is 47.6 Å². The first-order valence-corrected chi connectivity index (χ1v) is 22.0. The molecule has 0 saturated carbocycles. The zero-order valence-electron chi connectivity index (χ0n) is 35.9. The Hall–Kier alpha value is -8.88. The van der Waals surface area contributed by atoms with E-state index in [-0.39, 0.29) is 0 Å². The number of para-hydroxylation sites is 4. The van der Waals surface area contributed by atoms with Crippen LogP contribution in [-0.4, -0.2) is 44.8 Å². The fraction of sp³-hybridized carbons (Fsp3) is 0.0345. The number of H-pyrrole nitrogens is 4. The summed E-state index contributed by atoms with van der Waals surface area (Å²) in [5.41, 5.74) is 13.3. The second-order valence-corrected chi connectivity index (χ2v) is 16.3. The highest BCUT2D eigenvalue weighted by Crippen LogP contribution is 2.46. The molecule has 0 unspecified atom stereocenters. The number of fused-ring (bicyclic) bond motifs is 10. The van der Waals surface area contributed by atoms with Crippen LogP contribution in [0.4, 0.5) is 22.7 Å². The predicted octanol–water partition coefficient (Wildman–Crippen LogP) is 13.1. The molecule has 11 rings (SSSR count). The number of nitrogens with one attached hydrogen (secondary N) is 4. The molecular formula is C58H44N8. The zero-order valence-corrected chi connectivity index (χ0v) is 35.9. The minimum Gasteiger partial charge on any atom is -0.356 e. The molecule has 10 aromatic rings. The topological polar surface area (TPSA) is 113 Å². The van der Waals surface area contributed by atoms with Crippen LogP contribution in [0.1, 0.15) is 67.8 Å². The minimum absolute atomic E-state index is 0.738. The van der Waals surface area contributed by atoms with Gasteiger partial charge in [-0.1, -0.05) is 146 Å². The summed E-state index contributed by atoms with van der Waals surface area (Å²) in [6, 6.07) is 75.2. The van der Waals surface area contributed by atoms with Crippen molar-refractivity contribution in [1.82, 2.24) is 19.9 Å². The second kappa shape index (κ2) is 17.4. The van der Waals surface area contributed by atoms with Crippen molar-refractivity contribution in [3.8, 4) is 0 Å². The van der Waals surface area contributed by atoms with E-state index in [0.717, 1.165) is 90.6 Å². The first kappa shape index (κ1) is 39.9. The van der Waals surface area contributed by atoms with E-state index in [4.69, 9.17) is 20.0 Å². The molecule has 4 aromatic heterocycles. The highest BCUT2D eigenvalue weighted by atomic mass is 14.9. The van der Waals surface area contributed by atoms with Gasteiger partial charge in [0.25, 0.3) is 0 Å². The quantitative estimate of drug-likeness (QED) is 0.135. The molecule has 66 heavy (non-hydrogen) atoms. The van der Waals surface area contributed by atoms with Gasteiger partial charge in [0.15, 0.2) is 0 Å². The molecule has 0 spiro atoms. The van der Waals surface area contributed by atoms with E-state index in [2.05, 4.69) is 190 Å². The Kier molecular flexibility index (Phi) is 10.5. The molecule has 0 fully saturated rings. The molecule has 8 bridgehead atoms. The fourth-order valence-electron chi connectivity index (χ4n) is 9.37. The Morgan fingerprint density at radius 3 is 0.667 bits per heavy atom. The van der Waals surface area contributed by atoms with Crippen LogP contribution in [0.5, 0.6) is 0 Å². The number of hydrogen-bond acceptors (Lipinski definition) is 4. The van der Waals surface area contributed by atoms with E-state index in [1.165, 1.54) is 0 Å². The van der Waals surface area contributed by atoms with Gasteiger partial charge in [-0.25, -0.2) is 0 Å². The summed E-state index contributed by atoms with van der Waals surface area (Å²) in [5, 5.41) is 0. The van der Waals surface area contributed by atoms with E-state index in [1.807, 2.05) is 73.4 Å². The van der Waals surface area contributed by atoms with E-state index < -0.39 is 10.8 Å². The van der Waals surface area contributed by atoms with Gasteiger partial charge in [0, 0.05) is 22.8 Å². The summed E-state index contributed by atoms with van der Waals surface area (Å²) in [6.07, 6.45) is 7.50. The van der Waals surface area contributed by atoms with Gasteiger partial charge in [-0.05, 0) is 95.1 Å². The standard InChI is InChI=1S/C58H44N8/c1-5-17-41(18-6-1)57(42-19-7-2-8-20-42)53-33-29-45(63-53)37-59-49-25-13-15-27-51(49)61-39-47-31-35-55(65-47)58(43-21-9-3-10-22-43,44-23-11-4-12-24-44)56-36-32-48(66-56)40-62-52-28-16-14-26-50(52)60-38-46-30-34-54(57)64-46/h1-40,63-66H. The Bertz CT molecular complexity index is 2910. The molecule has 4 N–H and O–H groups in total. The Labute approximate surface area is 383 Å². The van der Waals surface area contributed by atoms with Crippen molar-refractivity contribution in [2.45, 2.75) is 10.8 Å². The third kappa shape index (κ3) is 7.26. The number of rotatable bonds is 4. The normalized spacial score (nSPS) is 14.1. The van der Waals surface area contributed by atoms with Gasteiger partial charge in [0.1, 0.15) is 10.8 Å². The summed E-state index contributed by atoms with van der Waals surface area (Å²) < 4.78 is 0. The van der Waals surface area contributed by atoms with Gasteiger partial charge in [-0.3, -0.25) is 20.0 Å². The average molecular weight is 853 g/mol. The maximum absolute atomic E-state index is 5.02. The van der Waals surface area contributed by atoms with Crippen molar-refractivity contribution in [2.24, 2.45) is 20.0 Å². The van der Waals surface area contributed by atoms with Crippen molar-refractivity contribution in [2.75, 3.05) is 0 Å². The van der Waals surface area contributed by atoms with Crippen LogP contribution in [0.25, 0.3) is 0 Å². The molecule has 8 heteroatoms. The molecule has 1 aliphatic heterocycles. The SMILES string of the molecule is C1=Nc2ccccc2N=Cc2ccc([nH]2)C(c2ccccc2)(c2ccccc2)c2ccc([nH]2)C=Nc2ccccc2N=Cc2ccc([nH]2)C(c2ccccc2)(c2ccccc2)c2ccc1[nH]2. The summed E-state index contributed by atoms with van der Waals surface area (Å²) >= 11 is 0. The highest BCUT2D eigenvalue weighted by molar-refractivity contribution is 5.87. The van der Waals surface area contributed by atoms with Crippen molar-refractivity contribution in [3.63, 3.8) is 0 Å². The minimum atomic E-state index is -0.738. The number of aromatic amines is 4. The number of benzene rings is 6. The summed E-state index contributed by atoms with van der Waals surface area (Å²) in [4.78, 5) is 35.2. The zero-order chi connectivity index (χ0) is 44.2. The summed E-state index contributed by atoms with van der Waals surface area (Å²) in [5.74, 6) is 0. The van der Waals surface area contributed by atoms with Crippen LogP contribution in [0.3, 0.4) is 0 Å². The predicted molar refractivity (Wildman–Crippen MR) is 269 cm³/mol. The molecule has 1 aliphatic rings. The lowest BCUT2D eigenvalue weighted by molar-refractivity contribution is 0.698.